The fourth-order valence-electron chi connectivity index (χ4n) is 2.13. The van der Waals surface area contributed by atoms with Gasteiger partial charge in [0.1, 0.15) is 12.4 Å². The van der Waals surface area contributed by atoms with E-state index in [1.165, 1.54) is 0 Å². The van der Waals surface area contributed by atoms with Crippen LogP contribution < -0.4 is 4.74 Å². The summed E-state index contributed by atoms with van der Waals surface area (Å²) in [6, 6.07) is 5.25. The van der Waals surface area contributed by atoms with Crippen molar-refractivity contribution in [2.24, 2.45) is 0 Å². The summed E-state index contributed by atoms with van der Waals surface area (Å²) in [5.74, 6) is 0.628. The number of ether oxygens (including phenoxy) is 1. The van der Waals surface area contributed by atoms with E-state index < -0.39 is 6.10 Å². The molecule has 0 amide bonds. The average molecular weight is 374 g/mol. The summed E-state index contributed by atoms with van der Waals surface area (Å²) in [5.41, 5.74) is 2.58. The van der Waals surface area contributed by atoms with Crippen molar-refractivity contribution < 1.29 is 9.84 Å². The summed E-state index contributed by atoms with van der Waals surface area (Å²) in [5, 5.41) is 14.8. The molecule has 1 heterocycles. The second-order valence-electron chi connectivity index (χ2n) is 4.81. The fraction of sp³-hybridized carbons (Fsp3) is 0.400. The van der Waals surface area contributed by atoms with Gasteiger partial charge in [-0.2, -0.15) is 5.10 Å². The Morgan fingerprint density at radius 1 is 1.48 bits per heavy atom. The Hall–Kier alpha value is -1.04. The van der Waals surface area contributed by atoms with E-state index in [4.69, 9.17) is 16.3 Å². The summed E-state index contributed by atoms with van der Waals surface area (Å²) in [7, 11) is 0. The van der Waals surface area contributed by atoms with Gasteiger partial charge < -0.3 is 9.84 Å². The van der Waals surface area contributed by atoms with Crippen LogP contribution in [-0.2, 0) is 13.2 Å². The van der Waals surface area contributed by atoms with Gasteiger partial charge >= 0.3 is 0 Å². The van der Waals surface area contributed by atoms with Crippen LogP contribution in [0.15, 0.2) is 22.7 Å². The Morgan fingerprint density at radius 3 is 2.81 bits per heavy atom. The Balaban J connectivity index is 2.25. The van der Waals surface area contributed by atoms with E-state index in [1.54, 1.807) is 25.1 Å². The molecule has 0 aliphatic carbocycles. The molecule has 6 heteroatoms. The summed E-state index contributed by atoms with van der Waals surface area (Å²) in [4.78, 5) is 0. The van der Waals surface area contributed by atoms with E-state index >= 15 is 0 Å². The number of halogens is 2. The van der Waals surface area contributed by atoms with Crippen LogP contribution in [0.5, 0.6) is 5.75 Å². The zero-order valence-corrected chi connectivity index (χ0v) is 14.6. The molecule has 114 valence electrons. The summed E-state index contributed by atoms with van der Waals surface area (Å²) < 4.78 is 8.72. The van der Waals surface area contributed by atoms with Gasteiger partial charge in [-0.3, -0.25) is 4.68 Å². The van der Waals surface area contributed by atoms with Crippen LogP contribution in [0.2, 0.25) is 5.02 Å². The first kappa shape index (κ1) is 16.3. The number of aliphatic hydroxyl groups is 1. The number of nitrogens with zero attached hydrogens (tertiary/aromatic N) is 2. The van der Waals surface area contributed by atoms with Crippen molar-refractivity contribution in [3.05, 3.63) is 44.6 Å². The molecule has 0 spiro atoms. The zero-order chi connectivity index (χ0) is 15.6. The van der Waals surface area contributed by atoms with Crippen molar-refractivity contribution in [2.45, 2.75) is 40.0 Å². The van der Waals surface area contributed by atoms with Crippen molar-refractivity contribution in [2.75, 3.05) is 0 Å². The lowest BCUT2D eigenvalue weighted by atomic mass is 10.1. The van der Waals surface area contributed by atoms with Gasteiger partial charge in [0.15, 0.2) is 0 Å². The Kier molecular flexibility index (Phi) is 5.30. The third-order valence-electron chi connectivity index (χ3n) is 3.24. The molecule has 0 radical (unpaired) electrons. The Morgan fingerprint density at radius 2 is 2.19 bits per heavy atom. The van der Waals surface area contributed by atoms with Crippen LogP contribution in [0.3, 0.4) is 0 Å². The van der Waals surface area contributed by atoms with Gasteiger partial charge in [-0.25, -0.2) is 0 Å². The van der Waals surface area contributed by atoms with Gasteiger partial charge in [0.05, 0.1) is 22.0 Å². The van der Waals surface area contributed by atoms with E-state index in [2.05, 4.69) is 21.0 Å². The predicted molar refractivity (Wildman–Crippen MR) is 86.8 cm³/mol. The van der Waals surface area contributed by atoms with E-state index in [0.717, 1.165) is 22.4 Å². The number of rotatable bonds is 5. The quantitative estimate of drug-likeness (QED) is 0.852. The van der Waals surface area contributed by atoms with Gasteiger partial charge in [-0.1, -0.05) is 11.6 Å². The molecule has 0 bridgehead atoms. The maximum atomic E-state index is 9.82. The molecule has 1 aromatic carbocycles. The van der Waals surface area contributed by atoms with Crippen LogP contribution in [-0.4, -0.2) is 14.9 Å². The second-order valence-corrected chi connectivity index (χ2v) is 6.04. The summed E-state index contributed by atoms with van der Waals surface area (Å²) in [6.07, 6.45) is -0.639. The molecule has 4 nitrogen and oxygen atoms in total. The highest BCUT2D eigenvalue weighted by Gasteiger charge is 2.15. The third-order valence-corrected chi connectivity index (χ3v) is 4.51. The van der Waals surface area contributed by atoms with E-state index in [-0.39, 0.29) is 0 Å². The summed E-state index contributed by atoms with van der Waals surface area (Å²) in [6.45, 7) is 6.82. The van der Waals surface area contributed by atoms with Gasteiger partial charge in [0.2, 0.25) is 0 Å². The van der Waals surface area contributed by atoms with Crippen molar-refractivity contribution in [1.82, 2.24) is 9.78 Å². The minimum absolute atomic E-state index is 0.372. The molecule has 0 fully saturated rings. The molecule has 1 aromatic heterocycles. The largest absolute Gasteiger partial charge is 0.487 e. The maximum Gasteiger partial charge on any atom is 0.131 e. The van der Waals surface area contributed by atoms with E-state index in [0.29, 0.717) is 22.9 Å². The van der Waals surface area contributed by atoms with Gasteiger partial charge in [-0.05, 0) is 54.9 Å². The molecule has 1 N–H and O–H groups in total. The van der Waals surface area contributed by atoms with Gasteiger partial charge in [-0.15, -0.1) is 0 Å². The van der Waals surface area contributed by atoms with Crippen LogP contribution in [0, 0.1) is 6.92 Å². The molecule has 2 rings (SSSR count). The molecule has 0 aliphatic heterocycles. The SMILES string of the molecule is CCn1nc(C)c(Br)c1COc1ccc(Cl)cc1[C@H](C)O. The van der Waals surface area contributed by atoms with Crippen LogP contribution in [0.25, 0.3) is 0 Å². The topological polar surface area (TPSA) is 47.3 Å². The molecule has 2 aromatic rings. The molecule has 21 heavy (non-hydrogen) atoms. The lowest BCUT2D eigenvalue weighted by Crippen LogP contribution is -2.08. The molecular weight excluding hydrogens is 356 g/mol. The Labute approximate surface area is 137 Å². The minimum Gasteiger partial charge on any atom is -0.487 e. The molecule has 1 atom stereocenters. The van der Waals surface area contributed by atoms with Crippen LogP contribution in [0.4, 0.5) is 0 Å². The second kappa shape index (κ2) is 6.81. The number of hydrogen-bond donors (Lipinski definition) is 1. The van der Waals surface area contributed by atoms with Gasteiger partial charge in [0, 0.05) is 17.1 Å². The number of aromatic nitrogens is 2. The van der Waals surface area contributed by atoms with E-state index in [9.17, 15) is 5.11 Å². The first-order valence-electron chi connectivity index (χ1n) is 6.76. The van der Waals surface area contributed by atoms with Gasteiger partial charge in [0.25, 0.3) is 0 Å². The molecule has 0 saturated carbocycles. The molecular formula is C15H18BrClN2O2. The zero-order valence-electron chi connectivity index (χ0n) is 12.2. The third kappa shape index (κ3) is 3.59. The number of aliphatic hydroxyl groups excluding tert-OH is 1. The molecule has 0 unspecified atom stereocenters. The van der Waals surface area contributed by atoms with E-state index in [1.807, 2.05) is 18.5 Å². The van der Waals surface area contributed by atoms with Crippen molar-refractivity contribution in [3.8, 4) is 5.75 Å². The fourth-order valence-corrected chi connectivity index (χ4v) is 2.71. The Bertz CT molecular complexity index is 641. The van der Waals surface area contributed by atoms with Crippen molar-refractivity contribution in [3.63, 3.8) is 0 Å². The highest BCUT2D eigenvalue weighted by atomic mass is 79.9. The first-order chi connectivity index (χ1) is 9.93. The van der Waals surface area contributed by atoms with Crippen LogP contribution >= 0.6 is 27.5 Å². The van der Waals surface area contributed by atoms with Crippen molar-refractivity contribution in [1.29, 1.82) is 0 Å². The highest BCUT2D eigenvalue weighted by molar-refractivity contribution is 9.10. The maximum absolute atomic E-state index is 9.82. The normalized spacial score (nSPS) is 12.5. The highest BCUT2D eigenvalue weighted by Crippen LogP contribution is 2.30. The first-order valence-corrected chi connectivity index (χ1v) is 7.93. The number of benzene rings is 1. The lowest BCUT2D eigenvalue weighted by molar-refractivity contribution is 0.189. The smallest absolute Gasteiger partial charge is 0.131 e. The summed E-state index contributed by atoms with van der Waals surface area (Å²) >= 11 is 9.51. The predicted octanol–water partition coefficient (Wildman–Crippen LogP) is 4.26. The monoisotopic (exact) mass is 372 g/mol. The standard InChI is InChI=1S/C15H18BrClN2O2/c1-4-19-13(15(16)9(2)18-19)8-21-14-6-5-11(17)7-12(14)10(3)20/h5-7,10,20H,4,8H2,1-3H3/t10-/m0/s1. The number of hydrogen-bond acceptors (Lipinski definition) is 3. The van der Waals surface area contributed by atoms with Crippen molar-refractivity contribution >= 4 is 27.5 Å². The lowest BCUT2D eigenvalue weighted by Gasteiger charge is -2.14. The average Bonchev–Trinajstić information content (AvgIpc) is 2.72. The number of aryl methyl sites for hydroxylation is 2. The minimum atomic E-state index is -0.639. The van der Waals surface area contributed by atoms with Crippen LogP contribution in [0.1, 0.15) is 36.9 Å². The molecule has 0 saturated heterocycles. The molecule has 0 aliphatic rings.